The predicted octanol–water partition coefficient (Wildman–Crippen LogP) is 2.52. The summed E-state index contributed by atoms with van der Waals surface area (Å²) in [4.78, 5) is 27.1. The first-order valence-corrected chi connectivity index (χ1v) is 5.71. The maximum atomic E-state index is 12.0. The van der Waals surface area contributed by atoms with Gasteiger partial charge in [-0.3, -0.25) is 9.55 Å². The molecule has 0 bridgehead atoms. The van der Waals surface area contributed by atoms with E-state index in [9.17, 15) is 9.59 Å². The van der Waals surface area contributed by atoms with Crippen molar-refractivity contribution in [3.05, 3.63) is 30.2 Å². The molecule has 0 spiro atoms. The lowest BCUT2D eigenvalue weighted by molar-refractivity contribution is 0.0544. The summed E-state index contributed by atoms with van der Waals surface area (Å²) in [6.45, 7) is 5.24. The average Bonchev–Trinajstić information content (AvgIpc) is 2.66. The Morgan fingerprint density at radius 3 is 2.63 bits per heavy atom. The summed E-state index contributed by atoms with van der Waals surface area (Å²) < 4.78 is 6.42. The highest BCUT2D eigenvalue weighted by Gasteiger charge is 2.22. The number of hydrogen-bond donors (Lipinski definition) is 1. The molecule has 2 aromatic rings. The van der Waals surface area contributed by atoms with Crippen LogP contribution in [0.2, 0.25) is 0 Å². The molecule has 0 radical (unpaired) electrons. The molecule has 0 aliphatic carbocycles. The highest BCUT2D eigenvalue weighted by molar-refractivity contribution is 6.05. The molecule has 2 aromatic heterocycles. The maximum Gasteiger partial charge on any atom is 0.419 e. The summed E-state index contributed by atoms with van der Waals surface area (Å²) in [5.74, 6) is -1.11. The summed E-state index contributed by atoms with van der Waals surface area (Å²) >= 11 is 0. The topological polar surface area (TPSA) is 81.4 Å². The minimum absolute atomic E-state index is 0.0222. The molecule has 2 heterocycles. The van der Waals surface area contributed by atoms with Gasteiger partial charge in [0.15, 0.2) is 0 Å². The van der Waals surface area contributed by atoms with Crippen molar-refractivity contribution < 1.29 is 19.4 Å². The maximum absolute atomic E-state index is 12.0. The SMILES string of the molecule is CC(C)(C)OC(=O)n1cc(C(=O)O)c2cnccc21. The third kappa shape index (κ3) is 2.57. The Balaban J connectivity index is 2.55. The van der Waals surface area contributed by atoms with Gasteiger partial charge in [0, 0.05) is 24.0 Å². The van der Waals surface area contributed by atoms with Gasteiger partial charge < -0.3 is 9.84 Å². The molecule has 6 heteroatoms. The number of ether oxygens (including phenoxy) is 1. The van der Waals surface area contributed by atoms with E-state index in [1.807, 2.05) is 0 Å². The first-order valence-electron chi connectivity index (χ1n) is 5.71. The molecule has 6 nitrogen and oxygen atoms in total. The lowest BCUT2D eigenvalue weighted by atomic mass is 10.2. The zero-order valence-corrected chi connectivity index (χ0v) is 10.9. The molecule has 1 N–H and O–H groups in total. The number of nitrogens with zero attached hydrogens (tertiary/aromatic N) is 2. The van der Waals surface area contributed by atoms with Crippen molar-refractivity contribution in [1.29, 1.82) is 0 Å². The van der Waals surface area contributed by atoms with E-state index >= 15 is 0 Å². The molecule has 0 aliphatic rings. The van der Waals surface area contributed by atoms with Crippen LogP contribution in [0.3, 0.4) is 0 Å². The molecule has 0 atom stereocenters. The number of rotatable bonds is 1. The van der Waals surface area contributed by atoms with Gasteiger partial charge in [0.1, 0.15) is 5.60 Å². The standard InChI is InChI=1S/C13H14N2O4/c1-13(2,3)19-12(18)15-7-9(11(16)17)8-6-14-5-4-10(8)15/h4-7H,1-3H3,(H,16,17). The fourth-order valence-electron chi connectivity index (χ4n) is 1.71. The van der Waals surface area contributed by atoms with Gasteiger partial charge in [0.2, 0.25) is 0 Å². The second-order valence-electron chi connectivity index (χ2n) is 5.09. The van der Waals surface area contributed by atoms with Crippen LogP contribution < -0.4 is 0 Å². The zero-order valence-electron chi connectivity index (χ0n) is 10.9. The third-order valence-electron chi connectivity index (χ3n) is 2.43. The summed E-state index contributed by atoms with van der Waals surface area (Å²) in [7, 11) is 0. The number of carboxylic acid groups (broad SMARTS) is 1. The van der Waals surface area contributed by atoms with Gasteiger partial charge in [-0.1, -0.05) is 0 Å². The Morgan fingerprint density at radius 2 is 2.05 bits per heavy atom. The Kier molecular flexibility index (Phi) is 3.01. The van der Waals surface area contributed by atoms with Crippen LogP contribution >= 0.6 is 0 Å². The quantitative estimate of drug-likeness (QED) is 0.853. The normalized spacial score (nSPS) is 11.5. The number of carbonyl (C=O) groups excluding carboxylic acids is 1. The molecule has 0 amide bonds. The Morgan fingerprint density at radius 1 is 1.37 bits per heavy atom. The van der Waals surface area contributed by atoms with Crippen molar-refractivity contribution in [1.82, 2.24) is 9.55 Å². The van der Waals surface area contributed by atoms with Gasteiger partial charge in [-0.25, -0.2) is 9.59 Å². The fraction of sp³-hybridized carbons (Fsp3) is 0.308. The zero-order chi connectivity index (χ0) is 14.2. The van der Waals surface area contributed by atoms with Crippen LogP contribution in [0.5, 0.6) is 0 Å². The van der Waals surface area contributed by atoms with E-state index in [4.69, 9.17) is 9.84 Å². The number of hydrogen-bond acceptors (Lipinski definition) is 4. The molecule has 0 fully saturated rings. The van der Waals surface area contributed by atoms with Crippen molar-refractivity contribution in [2.45, 2.75) is 26.4 Å². The smallest absolute Gasteiger partial charge is 0.419 e. The van der Waals surface area contributed by atoms with Crippen molar-refractivity contribution in [2.75, 3.05) is 0 Å². The summed E-state index contributed by atoms with van der Waals surface area (Å²) in [6, 6.07) is 1.58. The Bertz CT molecular complexity index is 652. The minimum Gasteiger partial charge on any atom is -0.478 e. The van der Waals surface area contributed by atoms with E-state index in [1.54, 1.807) is 26.8 Å². The van der Waals surface area contributed by atoms with Crippen LogP contribution in [-0.4, -0.2) is 32.3 Å². The molecule has 0 unspecified atom stereocenters. The number of carboxylic acids is 1. The largest absolute Gasteiger partial charge is 0.478 e. The third-order valence-corrected chi connectivity index (χ3v) is 2.43. The second kappa shape index (κ2) is 4.38. The molecule has 100 valence electrons. The van der Waals surface area contributed by atoms with E-state index in [0.29, 0.717) is 10.9 Å². The van der Waals surface area contributed by atoms with Crippen LogP contribution in [0.1, 0.15) is 31.1 Å². The Labute approximate surface area is 109 Å². The second-order valence-corrected chi connectivity index (χ2v) is 5.09. The van der Waals surface area contributed by atoms with Crippen molar-refractivity contribution in [3.8, 4) is 0 Å². The number of pyridine rings is 1. The van der Waals surface area contributed by atoms with Crippen molar-refractivity contribution in [2.24, 2.45) is 0 Å². The minimum atomic E-state index is -1.11. The molecule has 2 rings (SSSR count). The van der Waals surface area contributed by atoms with Crippen LogP contribution in [0, 0.1) is 0 Å². The van der Waals surface area contributed by atoms with Crippen molar-refractivity contribution >= 4 is 23.0 Å². The molecule has 0 saturated heterocycles. The van der Waals surface area contributed by atoms with E-state index in [2.05, 4.69) is 4.98 Å². The number of aromatic nitrogens is 2. The Hall–Kier alpha value is -2.37. The molecule has 0 aliphatic heterocycles. The molecule has 19 heavy (non-hydrogen) atoms. The first kappa shape index (κ1) is 13.1. The summed E-state index contributed by atoms with van der Waals surface area (Å²) in [5, 5.41) is 9.52. The van der Waals surface area contributed by atoms with E-state index in [0.717, 1.165) is 0 Å². The van der Waals surface area contributed by atoms with Gasteiger partial charge in [0.25, 0.3) is 0 Å². The first-order chi connectivity index (χ1) is 8.79. The van der Waals surface area contributed by atoms with E-state index in [1.165, 1.54) is 23.2 Å². The lowest BCUT2D eigenvalue weighted by Gasteiger charge is -2.19. The predicted molar refractivity (Wildman–Crippen MR) is 68.3 cm³/mol. The van der Waals surface area contributed by atoms with Gasteiger partial charge in [-0.15, -0.1) is 0 Å². The fourth-order valence-corrected chi connectivity index (χ4v) is 1.71. The monoisotopic (exact) mass is 262 g/mol. The molecule has 0 saturated carbocycles. The number of carbonyl (C=O) groups is 2. The van der Waals surface area contributed by atoms with Crippen LogP contribution in [0.15, 0.2) is 24.7 Å². The van der Waals surface area contributed by atoms with Crippen molar-refractivity contribution in [3.63, 3.8) is 0 Å². The molecule has 0 aromatic carbocycles. The van der Waals surface area contributed by atoms with Crippen LogP contribution in [0.4, 0.5) is 4.79 Å². The lowest BCUT2D eigenvalue weighted by Crippen LogP contribution is -2.26. The number of aromatic carboxylic acids is 1. The summed E-state index contributed by atoms with van der Waals surface area (Å²) in [6.07, 6.45) is 3.55. The highest BCUT2D eigenvalue weighted by Crippen LogP contribution is 2.21. The van der Waals surface area contributed by atoms with Gasteiger partial charge in [0.05, 0.1) is 11.1 Å². The summed E-state index contributed by atoms with van der Waals surface area (Å²) in [5.41, 5.74) is -0.167. The van der Waals surface area contributed by atoms with Crippen LogP contribution in [-0.2, 0) is 4.74 Å². The molecular weight excluding hydrogens is 248 g/mol. The van der Waals surface area contributed by atoms with Gasteiger partial charge in [-0.2, -0.15) is 0 Å². The van der Waals surface area contributed by atoms with Gasteiger partial charge in [-0.05, 0) is 26.8 Å². The average molecular weight is 262 g/mol. The highest BCUT2D eigenvalue weighted by atomic mass is 16.6. The van der Waals surface area contributed by atoms with E-state index < -0.39 is 17.7 Å². The van der Waals surface area contributed by atoms with Gasteiger partial charge >= 0.3 is 12.1 Å². The molecular formula is C13H14N2O4. The van der Waals surface area contributed by atoms with E-state index in [-0.39, 0.29) is 5.56 Å². The number of fused-ring (bicyclic) bond motifs is 1. The van der Waals surface area contributed by atoms with Crippen LogP contribution in [0.25, 0.3) is 10.9 Å².